The van der Waals surface area contributed by atoms with E-state index >= 15 is 0 Å². The van der Waals surface area contributed by atoms with Crippen LogP contribution >= 0.6 is 0 Å². The lowest BCUT2D eigenvalue weighted by Gasteiger charge is -2.67. The first kappa shape index (κ1) is 62.9. The summed E-state index contributed by atoms with van der Waals surface area (Å²) in [6.07, 6.45) is -23.5. The van der Waals surface area contributed by atoms with Crippen molar-refractivity contribution in [2.45, 2.75) is 260 Å². The molecule has 8 rings (SSSR count). The highest BCUT2D eigenvalue weighted by atomic mass is 16.8. The van der Waals surface area contributed by atoms with Crippen LogP contribution in [0.3, 0.4) is 0 Å². The Balaban J connectivity index is 0.983. The molecule has 3 unspecified atom stereocenters. The molecule has 0 amide bonds. The molecule has 0 spiro atoms. The number of rotatable bonds is 18. The van der Waals surface area contributed by atoms with Crippen molar-refractivity contribution in [1.82, 2.24) is 0 Å². The second-order valence-electron chi connectivity index (χ2n) is 26.1. The molecule has 29 atom stereocenters. The Bertz CT molecular complexity index is 2010. The van der Waals surface area contributed by atoms with Crippen molar-refractivity contribution < 1.29 is 114 Å². The van der Waals surface area contributed by atoms with Crippen molar-refractivity contribution in [3.05, 3.63) is 11.6 Å². The summed E-state index contributed by atoms with van der Waals surface area (Å²) in [4.78, 5) is 0. The molecular formula is C55H94O23. The predicted octanol–water partition coefficient (Wildman–Crippen LogP) is -1.81. The summed E-state index contributed by atoms with van der Waals surface area (Å²) in [5.74, 6) is 0.296. The van der Waals surface area contributed by atoms with E-state index in [0.717, 1.165) is 19.3 Å². The lowest BCUT2D eigenvalue weighted by molar-refractivity contribution is -0.379. The highest BCUT2D eigenvalue weighted by Crippen LogP contribution is 2.75. The highest BCUT2D eigenvalue weighted by molar-refractivity contribution is 5.32. The molecule has 0 aromatic rings. The van der Waals surface area contributed by atoms with Gasteiger partial charge in [0.1, 0.15) is 73.2 Å². The van der Waals surface area contributed by atoms with Crippen LogP contribution in [0.15, 0.2) is 11.6 Å². The normalized spacial score (nSPS) is 50.5. The summed E-state index contributed by atoms with van der Waals surface area (Å²) in [5, 5.41) is 162. The van der Waals surface area contributed by atoms with Crippen molar-refractivity contribution in [2.24, 2.45) is 45.3 Å². The maximum absolute atomic E-state index is 12.7. The molecule has 23 nitrogen and oxygen atoms in total. The van der Waals surface area contributed by atoms with Crippen LogP contribution in [0.5, 0.6) is 0 Å². The number of hydrogen-bond acceptors (Lipinski definition) is 23. The van der Waals surface area contributed by atoms with E-state index in [9.17, 15) is 76.6 Å². The van der Waals surface area contributed by atoms with Gasteiger partial charge in [-0.05, 0) is 106 Å². The van der Waals surface area contributed by atoms with Crippen molar-refractivity contribution in [3.63, 3.8) is 0 Å². The number of aliphatic hydroxyl groups excluding tert-OH is 14. The quantitative estimate of drug-likeness (QED) is 0.0673. The second kappa shape index (κ2) is 24.1. The van der Waals surface area contributed by atoms with E-state index in [1.54, 1.807) is 13.8 Å². The van der Waals surface area contributed by atoms with Gasteiger partial charge in [-0.1, -0.05) is 53.2 Å². The third-order valence-electron chi connectivity index (χ3n) is 20.9. The number of allylic oxidation sites excluding steroid dienone is 1. The molecule has 0 radical (unpaired) electrons. The third-order valence-corrected chi connectivity index (χ3v) is 20.9. The second-order valence-corrected chi connectivity index (χ2v) is 26.1. The molecule has 4 aliphatic carbocycles. The maximum Gasteiger partial charge on any atom is 0.187 e. The smallest absolute Gasteiger partial charge is 0.187 e. The summed E-state index contributed by atoms with van der Waals surface area (Å²) in [6, 6.07) is 0. The van der Waals surface area contributed by atoms with Gasteiger partial charge in [0, 0.05) is 23.9 Å². The van der Waals surface area contributed by atoms with Crippen LogP contribution in [0.1, 0.15) is 120 Å². The van der Waals surface area contributed by atoms with E-state index in [1.807, 2.05) is 0 Å². The molecule has 0 aromatic heterocycles. The molecular weight excluding hydrogens is 1030 g/mol. The molecule has 8 aliphatic rings. The topological polar surface area (TPSA) is 377 Å². The number of fused-ring (bicyclic) bond motifs is 5. The summed E-state index contributed by atoms with van der Waals surface area (Å²) in [7, 11) is 0. The lowest BCUT2D eigenvalue weighted by atomic mass is 9.38. The maximum atomic E-state index is 12.7. The van der Waals surface area contributed by atoms with Crippen molar-refractivity contribution in [1.29, 1.82) is 0 Å². The van der Waals surface area contributed by atoms with Gasteiger partial charge in [0.2, 0.25) is 0 Å². The van der Waals surface area contributed by atoms with E-state index in [4.69, 9.17) is 37.9 Å². The Kier molecular flexibility index (Phi) is 19.4. The van der Waals surface area contributed by atoms with Crippen LogP contribution in [0.2, 0.25) is 0 Å². The first-order valence-electron chi connectivity index (χ1n) is 28.4. The van der Waals surface area contributed by atoms with E-state index < -0.39 is 171 Å². The molecule has 4 aliphatic heterocycles. The first-order chi connectivity index (χ1) is 36.5. The Morgan fingerprint density at radius 3 is 1.90 bits per heavy atom. The monoisotopic (exact) mass is 1120 g/mol. The van der Waals surface area contributed by atoms with Gasteiger partial charge >= 0.3 is 0 Å². The third kappa shape index (κ3) is 11.3. The van der Waals surface area contributed by atoms with Gasteiger partial charge in [-0.25, -0.2) is 0 Å². The number of ether oxygens (including phenoxy) is 8. The summed E-state index contributed by atoms with van der Waals surface area (Å²) >= 11 is 0. The minimum Gasteiger partial charge on any atom is -0.396 e. The van der Waals surface area contributed by atoms with Crippen LogP contribution in [-0.2, 0) is 37.9 Å². The molecule has 7 fully saturated rings. The lowest BCUT2D eigenvalue weighted by Crippen LogP contribution is -2.65. The fraction of sp³-hybridized carbons (Fsp3) is 0.964. The van der Waals surface area contributed by atoms with Gasteiger partial charge in [-0.3, -0.25) is 0 Å². The van der Waals surface area contributed by atoms with E-state index in [1.165, 1.54) is 5.57 Å². The van der Waals surface area contributed by atoms with Crippen LogP contribution in [0.4, 0.5) is 0 Å². The molecule has 78 heavy (non-hydrogen) atoms. The van der Waals surface area contributed by atoms with Crippen molar-refractivity contribution >= 4 is 0 Å². The van der Waals surface area contributed by atoms with Gasteiger partial charge in [0.25, 0.3) is 0 Å². The standard InChI is InChI=1S/C55H94O23/c1-24(26-15-17-53(6)33-12-10-27-28(55(33,8)34(60)20-54(26,53)7)11-14-35(51(27,2)3)76-48-44(68)41(65)38(62)30(73-48)16-18-56)9-13-36(52(4,5)70)77-50-46(78-49-45(69)42(66)39(63)31(22-58)74-49)43(67)40(64)32(75-50)23-71-47-37(61)29(59)19-25(21-57)72-47/h10,24-26,28-50,56-70H,9,11-23H2,1-8H3/t24-,25+,26?,28?,29+,30-,31+,32-,33?,34-,35+,36-,37-,38-,39+,40-,41+,42-,43+,44-,45+,46-,47+,48+,49-,50+,53+,54-,55+/m1/s1. The van der Waals surface area contributed by atoms with Crippen LogP contribution in [-0.4, -0.2) is 244 Å². The summed E-state index contributed by atoms with van der Waals surface area (Å²) in [5.41, 5.74) is -1.95. The Morgan fingerprint density at radius 1 is 0.654 bits per heavy atom. The minimum absolute atomic E-state index is 0.0235. The number of hydrogen-bond donors (Lipinski definition) is 15. The zero-order valence-electron chi connectivity index (χ0n) is 46.5. The van der Waals surface area contributed by atoms with E-state index in [-0.39, 0.29) is 60.4 Å². The van der Waals surface area contributed by atoms with E-state index in [2.05, 4.69) is 47.6 Å². The Morgan fingerprint density at radius 2 is 1.27 bits per heavy atom. The molecule has 23 heteroatoms. The fourth-order valence-electron chi connectivity index (χ4n) is 15.8. The molecule has 0 aromatic carbocycles. The average Bonchev–Trinajstić information content (AvgIpc) is 2.90. The zero-order chi connectivity index (χ0) is 57.4. The first-order valence-corrected chi connectivity index (χ1v) is 28.4. The predicted molar refractivity (Wildman–Crippen MR) is 271 cm³/mol. The Labute approximate surface area is 457 Å². The van der Waals surface area contributed by atoms with E-state index in [0.29, 0.717) is 25.7 Å². The van der Waals surface area contributed by atoms with Crippen molar-refractivity contribution in [2.75, 3.05) is 26.4 Å². The van der Waals surface area contributed by atoms with Crippen LogP contribution in [0.25, 0.3) is 0 Å². The van der Waals surface area contributed by atoms with Crippen LogP contribution < -0.4 is 0 Å². The Hall–Kier alpha value is -1.18. The minimum atomic E-state index is -1.91. The van der Waals surface area contributed by atoms with Gasteiger partial charge < -0.3 is 114 Å². The zero-order valence-corrected chi connectivity index (χ0v) is 46.5. The molecule has 4 saturated heterocycles. The molecule has 3 saturated carbocycles. The summed E-state index contributed by atoms with van der Waals surface area (Å²) in [6.45, 7) is 14.3. The van der Waals surface area contributed by atoms with Gasteiger partial charge in [-0.2, -0.15) is 0 Å². The van der Waals surface area contributed by atoms with Gasteiger partial charge in [0.05, 0.1) is 62.0 Å². The van der Waals surface area contributed by atoms with Crippen molar-refractivity contribution in [3.8, 4) is 0 Å². The highest BCUT2D eigenvalue weighted by Gasteiger charge is 2.70. The molecule has 452 valence electrons. The van der Waals surface area contributed by atoms with Gasteiger partial charge in [-0.15, -0.1) is 0 Å². The summed E-state index contributed by atoms with van der Waals surface area (Å²) < 4.78 is 48.3. The fourth-order valence-corrected chi connectivity index (χ4v) is 15.8. The SMILES string of the molecule is C[C@H](CC[C@@H](O[C@@H]1O[C@H](CO[C@H]2O[C@H](CO)C[C@H](O)[C@H]2O)[C@@H](O)[C@H](O)[C@H]1O[C@H]1O[C@@H](CO)[C@H](O)[C@@H](O)[C@@H]1O)C(C)(C)O)C1CC[C@@]2(C)C3CC=C4C(CC[C@H](O[C@@H]5O[C@H](CCO)[C@@H](O)[C@H](O)[C@H]5O)C4(C)C)[C@]3(C)[C@H](O)C[C@]12C. The number of aliphatic hydroxyl groups is 15. The average molecular weight is 1120 g/mol. The molecule has 4 heterocycles. The van der Waals surface area contributed by atoms with Gasteiger partial charge in [0.15, 0.2) is 25.2 Å². The van der Waals surface area contributed by atoms with Crippen LogP contribution in [0, 0.1) is 45.3 Å². The molecule has 15 N–H and O–H groups in total. The molecule has 0 bridgehead atoms. The largest absolute Gasteiger partial charge is 0.396 e.